The fraction of sp³-hybridized carbons (Fsp3) is 0.588. The Balaban J connectivity index is 2.19. The highest BCUT2D eigenvalue weighted by Crippen LogP contribution is 2.24. The monoisotopic (exact) mass is 274 g/mol. The zero-order chi connectivity index (χ0) is 14.5. The van der Waals surface area contributed by atoms with Gasteiger partial charge in [-0.3, -0.25) is 4.79 Å². The number of nitrogen functional groups attached to an aromatic ring is 1. The van der Waals surface area contributed by atoms with Crippen LogP contribution in [0.3, 0.4) is 0 Å². The number of carbonyl (C=O) groups is 1. The molecule has 1 saturated heterocycles. The van der Waals surface area contributed by atoms with E-state index in [1.807, 2.05) is 18.2 Å². The summed E-state index contributed by atoms with van der Waals surface area (Å²) in [5, 5.41) is 0. The van der Waals surface area contributed by atoms with E-state index in [9.17, 15) is 4.79 Å². The quantitative estimate of drug-likeness (QED) is 0.854. The van der Waals surface area contributed by atoms with Gasteiger partial charge in [0.25, 0.3) is 5.91 Å². The molecule has 0 bridgehead atoms. The van der Waals surface area contributed by atoms with E-state index in [-0.39, 0.29) is 5.91 Å². The predicted molar refractivity (Wildman–Crippen MR) is 83.6 cm³/mol. The first kappa shape index (κ1) is 14.9. The van der Waals surface area contributed by atoms with Crippen molar-refractivity contribution >= 4 is 11.6 Å². The lowest BCUT2D eigenvalue weighted by molar-refractivity contribution is 0.0661. The van der Waals surface area contributed by atoms with Gasteiger partial charge in [-0.2, -0.15) is 0 Å². The van der Waals surface area contributed by atoms with Crippen LogP contribution in [0, 0.1) is 5.92 Å². The van der Waals surface area contributed by atoms with Gasteiger partial charge in [0.05, 0.1) is 0 Å². The summed E-state index contributed by atoms with van der Waals surface area (Å²) < 4.78 is 0. The van der Waals surface area contributed by atoms with E-state index in [2.05, 4.69) is 18.7 Å². The summed E-state index contributed by atoms with van der Waals surface area (Å²) in [5.41, 5.74) is 7.18. The summed E-state index contributed by atoms with van der Waals surface area (Å²) in [4.78, 5) is 14.9. The Kier molecular flexibility index (Phi) is 5.05. The Bertz CT molecular complexity index is 456. The van der Waals surface area contributed by atoms with Crippen LogP contribution in [0.5, 0.6) is 0 Å². The molecule has 1 fully saturated rings. The summed E-state index contributed by atoms with van der Waals surface area (Å²) in [7, 11) is 0. The molecule has 1 aliphatic heterocycles. The Morgan fingerprint density at radius 1 is 1.35 bits per heavy atom. The van der Waals surface area contributed by atoms with E-state index in [1.54, 1.807) is 6.07 Å². The largest absolute Gasteiger partial charge is 0.399 e. The molecule has 1 aromatic carbocycles. The molecule has 0 aromatic heterocycles. The molecular weight excluding hydrogens is 248 g/mol. The van der Waals surface area contributed by atoms with Gasteiger partial charge in [-0.25, -0.2) is 0 Å². The number of likely N-dealkylation sites (tertiary alicyclic amines) is 1. The average Bonchev–Trinajstić information content (AvgIpc) is 2.63. The van der Waals surface area contributed by atoms with Crippen LogP contribution in [0.2, 0.25) is 0 Å². The van der Waals surface area contributed by atoms with E-state index in [4.69, 9.17) is 5.73 Å². The van der Waals surface area contributed by atoms with Crippen molar-refractivity contribution in [3.05, 3.63) is 29.8 Å². The number of nitrogens with two attached hydrogens (primary N) is 1. The van der Waals surface area contributed by atoms with E-state index in [0.29, 0.717) is 17.6 Å². The molecule has 20 heavy (non-hydrogen) atoms. The number of nitrogens with zero attached hydrogens (tertiary/aromatic N) is 1. The Hall–Kier alpha value is -1.51. The minimum absolute atomic E-state index is 0.143. The second-order valence-electron chi connectivity index (χ2n) is 6.26. The molecule has 0 radical (unpaired) electrons. The van der Waals surface area contributed by atoms with Crippen molar-refractivity contribution in [1.82, 2.24) is 4.90 Å². The molecule has 0 aliphatic carbocycles. The zero-order valence-corrected chi connectivity index (χ0v) is 12.6. The van der Waals surface area contributed by atoms with Crippen molar-refractivity contribution in [2.24, 2.45) is 5.92 Å². The fourth-order valence-electron chi connectivity index (χ4n) is 3.07. The number of amides is 1. The molecule has 0 spiro atoms. The number of anilines is 1. The maximum atomic E-state index is 12.8. The summed E-state index contributed by atoms with van der Waals surface area (Å²) in [6.07, 6.45) is 5.80. The van der Waals surface area contributed by atoms with Crippen molar-refractivity contribution in [1.29, 1.82) is 0 Å². The smallest absolute Gasteiger partial charge is 0.254 e. The molecule has 1 aliphatic rings. The SMILES string of the molecule is CC(C)CC1CCCCCN1C(=O)c1cccc(N)c1. The molecule has 2 rings (SSSR count). The van der Waals surface area contributed by atoms with Crippen molar-refractivity contribution in [2.75, 3.05) is 12.3 Å². The Morgan fingerprint density at radius 3 is 2.85 bits per heavy atom. The van der Waals surface area contributed by atoms with Gasteiger partial charge < -0.3 is 10.6 Å². The van der Waals surface area contributed by atoms with Crippen molar-refractivity contribution in [2.45, 2.75) is 52.0 Å². The highest BCUT2D eigenvalue weighted by atomic mass is 16.2. The van der Waals surface area contributed by atoms with Gasteiger partial charge in [0, 0.05) is 23.8 Å². The summed E-state index contributed by atoms with van der Waals surface area (Å²) >= 11 is 0. The summed E-state index contributed by atoms with van der Waals surface area (Å²) in [6, 6.07) is 7.73. The standard InChI is InChI=1S/C17H26N2O/c1-13(2)11-16-9-4-3-5-10-19(16)17(20)14-7-6-8-15(18)12-14/h6-8,12-13,16H,3-5,9-11,18H2,1-2H3. The molecule has 3 heteroatoms. The van der Waals surface area contributed by atoms with E-state index in [0.717, 1.165) is 31.4 Å². The number of hydrogen-bond donors (Lipinski definition) is 1. The van der Waals surface area contributed by atoms with E-state index < -0.39 is 0 Å². The summed E-state index contributed by atoms with van der Waals surface area (Å²) in [6.45, 7) is 5.34. The van der Waals surface area contributed by atoms with Gasteiger partial charge in [-0.05, 0) is 43.4 Å². The molecule has 0 saturated carbocycles. The van der Waals surface area contributed by atoms with E-state index in [1.165, 1.54) is 12.8 Å². The van der Waals surface area contributed by atoms with Crippen LogP contribution in [0.4, 0.5) is 5.69 Å². The molecule has 1 aromatic rings. The average molecular weight is 274 g/mol. The van der Waals surface area contributed by atoms with Crippen molar-refractivity contribution in [3.63, 3.8) is 0 Å². The normalized spacial score (nSPS) is 19.9. The first-order valence-corrected chi connectivity index (χ1v) is 7.74. The lowest BCUT2D eigenvalue weighted by Crippen LogP contribution is -2.40. The molecule has 3 nitrogen and oxygen atoms in total. The second-order valence-corrected chi connectivity index (χ2v) is 6.26. The van der Waals surface area contributed by atoms with Gasteiger partial charge in [-0.15, -0.1) is 0 Å². The third-order valence-electron chi connectivity index (χ3n) is 4.02. The number of hydrogen-bond acceptors (Lipinski definition) is 2. The number of carbonyl (C=O) groups excluding carboxylic acids is 1. The van der Waals surface area contributed by atoms with E-state index >= 15 is 0 Å². The lowest BCUT2D eigenvalue weighted by atomic mass is 9.98. The van der Waals surface area contributed by atoms with Crippen LogP contribution in [-0.4, -0.2) is 23.4 Å². The molecule has 1 heterocycles. The highest BCUT2D eigenvalue weighted by molar-refractivity contribution is 5.95. The molecule has 1 atom stereocenters. The molecule has 1 unspecified atom stereocenters. The van der Waals surface area contributed by atoms with Crippen LogP contribution in [0.1, 0.15) is 56.3 Å². The van der Waals surface area contributed by atoms with Crippen LogP contribution < -0.4 is 5.73 Å². The first-order chi connectivity index (χ1) is 9.58. The minimum Gasteiger partial charge on any atom is -0.399 e. The molecule has 2 N–H and O–H groups in total. The number of benzene rings is 1. The number of rotatable bonds is 3. The van der Waals surface area contributed by atoms with Gasteiger partial charge in [-0.1, -0.05) is 32.8 Å². The third-order valence-corrected chi connectivity index (χ3v) is 4.02. The van der Waals surface area contributed by atoms with Crippen molar-refractivity contribution < 1.29 is 4.79 Å². The predicted octanol–water partition coefficient (Wildman–Crippen LogP) is 3.70. The zero-order valence-electron chi connectivity index (χ0n) is 12.6. The maximum Gasteiger partial charge on any atom is 0.254 e. The van der Waals surface area contributed by atoms with Gasteiger partial charge in [0.2, 0.25) is 0 Å². The first-order valence-electron chi connectivity index (χ1n) is 7.74. The van der Waals surface area contributed by atoms with Crippen LogP contribution >= 0.6 is 0 Å². The van der Waals surface area contributed by atoms with Crippen LogP contribution in [0.25, 0.3) is 0 Å². The second kappa shape index (κ2) is 6.78. The van der Waals surface area contributed by atoms with Crippen LogP contribution in [-0.2, 0) is 0 Å². The fourth-order valence-corrected chi connectivity index (χ4v) is 3.07. The Labute approximate surface area is 122 Å². The minimum atomic E-state index is 0.143. The molecule has 110 valence electrons. The van der Waals surface area contributed by atoms with Crippen molar-refractivity contribution in [3.8, 4) is 0 Å². The molecule has 1 amide bonds. The lowest BCUT2D eigenvalue weighted by Gasteiger charge is -2.31. The third kappa shape index (κ3) is 3.75. The van der Waals surface area contributed by atoms with Crippen LogP contribution in [0.15, 0.2) is 24.3 Å². The van der Waals surface area contributed by atoms with Gasteiger partial charge in [0.15, 0.2) is 0 Å². The topological polar surface area (TPSA) is 46.3 Å². The van der Waals surface area contributed by atoms with Gasteiger partial charge >= 0.3 is 0 Å². The summed E-state index contributed by atoms with van der Waals surface area (Å²) in [5.74, 6) is 0.763. The Morgan fingerprint density at radius 2 is 2.15 bits per heavy atom. The highest BCUT2D eigenvalue weighted by Gasteiger charge is 2.26. The maximum absolute atomic E-state index is 12.8. The molecular formula is C17H26N2O. The van der Waals surface area contributed by atoms with Gasteiger partial charge in [0.1, 0.15) is 0 Å².